The monoisotopic (exact) mass is 430 g/mol. The molecule has 0 fully saturated rings. The van der Waals surface area contributed by atoms with E-state index in [0.717, 1.165) is 28.1 Å². The summed E-state index contributed by atoms with van der Waals surface area (Å²) in [6.45, 7) is 8.81. The summed E-state index contributed by atoms with van der Waals surface area (Å²) in [5, 5.41) is 14.6. The van der Waals surface area contributed by atoms with Gasteiger partial charge in [0.25, 0.3) is 0 Å². The molecule has 2 heterocycles. The zero-order valence-corrected chi connectivity index (χ0v) is 18.7. The van der Waals surface area contributed by atoms with Gasteiger partial charge in [0.15, 0.2) is 11.5 Å². The second-order valence-corrected chi connectivity index (χ2v) is 7.55. The Labute approximate surface area is 187 Å². The summed E-state index contributed by atoms with van der Waals surface area (Å²) in [6.07, 6.45) is 0. The average Bonchev–Trinajstić information content (AvgIpc) is 3.10. The fourth-order valence-corrected chi connectivity index (χ4v) is 3.96. The van der Waals surface area contributed by atoms with Gasteiger partial charge in [-0.2, -0.15) is 10.4 Å². The molecule has 1 aliphatic heterocycles. The number of benzene rings is 2. The summed E-state index contributed by atoms with van der Waals surface area (Å²) in [5.41, 5.74) is 11.0. The fourth-order valence-electron chi connectivity index (χ4n) is 3.96. The van der Waals surface area contributed by atoms with Crippen LogP contribution in [0.3, 0.4) is 0 Å². The third kappa shape index (κ3) is 3.65. The van der Waals surface area contributed by atoms with E-state index in [-0.39, 0.29) is 5.88 Å². The second-order valence-electron chi connectivity index (χ2n) is 7.55. The van der Waals surface area contributed by atoms with Crippen molar-refractivity contribution in [3.05, 3.63) is 76.3 Å². The first kappa shape index (κ1) is 21.3. The minimum atomic E-state index is -0.433. The second kappa shape index (κ2) is 8.67. The zero-order valence-electron chi connectivity index (χ0n) is 18.7. The Morgan fingerprint density at radius 2 is 1.75 bits per heavy atom. The van der Waals surface area contributed by atoms with E-state index in [9.17, 15) is 5.26 Å². The molecule has 0 bridgehead atoms. The summed E-state index contributed by atoms with van der Waals surface area (Å²) >= 11 is 0. The SMILES string of the molecule is CCOc1ccc([C@@H]2C(C#N)=C(N)Oc3c2c(C)nn3-c2ccc(C)cc2)cc1OCC. The predicted octanol–water partition coefficient (Wildman–Crippen LogP) is 4.50. The van der Waals surface area contributed by atoms with Gasteiger partial charge in [-0.25, -0.2) is 4.68 Å². The van der Waals surface area contributed by atoms with Gasteiger partial charge in [0.05, 0.1) is 36.1 Å². The molecule has 7 heteroatoms. The largest absolute Gasteiger partial charge is 0.490 e. The molecule has 7 nitrogen and oxygen atoms in total. The highest BCUT2D eigenvalue weighted by Crippen LogP contribution is 2.46. The molecule has 1 aliphatic rings. The summed E-state index contributed by atoms with van der Waals surface area (Å²) in [6, 6.07) is 15.9. The van der Waals surface area contributed by atoms with Crippen LogP contribution < -0.4 is 19.9 Å². The molecule has 164 valence electrons. The number of nitrogens with two attached hydrogens (primary N) is 1. The number of hydrogen-bond donors (Lipinski definition) is 1. The number of aryl methyl sites for hydroxylation is 2. The maximum Gasteiger partial charge on any atom is 0.229 e. The minimum absolute atomic E-state index is 0.0742. The van der Waals surface area contributed by atoms with Gasteiger partial charge in [0.2, 0.25) is 11.8 Å². The molecule has 32 heavy (non-hydrogen) atoms. The normalized spacial score (nSPS) is 15.0. The minimum Gasteiger partial charge on any atom is -0.490 e. The Morgan fingerprint density at radius 1 is 1.06 bits per heavy atom. The summed E-state index contributed by atoms with van der Waals surface area (Å²) in [4.78, 5) is 0. The van der Waals surface area contributed by atoms with Crippen molar-refractivity contribution in [2.24, 2.45) is 5.73 Å². The highest BCUT2D eigenvalue weighted by molar-refractivity contribution is 5.59. The van der Waals surface area contributed by atoms with Crippen molar-refractivity contribution in [3.8, 4) is 29.1 Å². The lowest BCUT2D eigenvalue weighted by atomic mass is 9.84. The molecule has 4 rings (SSSR count). The molecular weight excluding hydrogens is 404 g/mol. The number of rotatable bonds is 6. The average molecular weight is 431 g/mol. The molecule has 0 saturated carbocycles. The van der Waals surface area contributed by atoms with Gasteiger partial charge in [0, 0.05) is 0 Å². The Kier molecular flexibility index (Phi) is 5.78. The van der Waals surface area contributed by atoms with Gasteiger partial charge in [-0.05, 0) is 57.5 Å². The molecule has 0 saturated heterocycles. The summed E-state index contributed by atoms with van der Waals surface area (Å²) in [5.74, 6) is 1.44. The van der Waals surface area contributed by atoms with Crippen LogP contribution in [0.1, 0.15) is 42.1 Å². The van der Waals surface area contributed by atoms with Crippen LogP contribution in [0.25, 0.3) is 5.69 Å². The molecule has 0 unspecified atom stereocenters. The molecule has 3 aromatic rings. The maximum atomic E-state index is 9.92. The number of aromatic nitrogens is 2. The Hall–Kier alpha value is -3.92. The maximum absolute atomic E-state index is 9.92. The lowest BCUT2D eigenvalue weighted by molar-refractivity contribution is 0.287. The lowest BCUT2D eigenvalue weighted by Crippen LogP contribution is -2.22. The molecule has 0 radical (unpaired) electrons. The fraction of sp³-hybridized carbons (Fsp3) is 0.280. The van der Waals surface area contributed by atoms with Crippen LogP contribution in [0.4, 0.5) is 0 Å². The van der Waals surface area contributed by atoms with Crippen LogP contribution in [-0.2, 0) is 0 Å². The number of fused-ring (bicyclic) bond motifs is 1. The van der Waals surface area contributed by atoms with E-state index in [4.69, 9.17) is 25.0 Å². The molecule has 0 aliphatic carbocycles. The number of hydrogen-bond acceptors (Lipinski definition) is 6. The zero-order chi connectivity index (χ0) is 22.8. The number of allylic oxidation sites excluding steroid dienone is 1. The van der Waals surface area contributed by atoms with Crippen LogP contribution in [0.2, 0.25) is 0 Å². The quantitative estimate of drug-likeness (QED) is 0.618. The first-order chi connectivity index (χ1) is 15.5. The summed E-state index contributed by atoms with van der Waals surface area (Å²) in [7, 11) is 0. The molecule has 1 atom stereocenters. The van der Waals surface area contributed by atoms with E-state index in [1.54, 1.807) is 4.68 Å². The Balaban J connectivity index is 1.89. The smallest absolute Gasteiger partial charge is 0.229 e. The first-order valence-electron chi connectivity index (χ1n) is 10.6. The van der Waals surface area contributed by atoms with E-state index < -0.39 is 5.92 Å². The van der Waals surface area contributed by atoms with Crippen molar-refractivity contribution in [1.29, 1.82) is 5.26 Å². The Morgan fingerprint density at radius 3 is 2.41 bits per heavy atom. The molecule has 0 spiro atoms. The molecule has 0 amide bonds. The van der Waals surface area contributed by atoms with Crippen LogP contribution in [0.15, 0.2) is 53.9 Å². The number of nitriles is 1. The van der Waals surface area contributed by atoms with Gasteiger partial charge in [-0.1, -0.05) is 23.8 Å². The van der Waals surface area contributed by atoms with E-state index in [2.05, 4.69) is 6.07 Å². The standard InChI is InChI=1S/C25H26N4O3/c1-5-30-20-12-9-17(13-21(20)31-6-2)23-19(14-26)24(27)32-25-22(23)16(4)28-29(25)18-10-7-15(3)8-11-18/h7-13,23H,5-6,27H2,1-4H3/t23-/m1/s1. The molecule has 2 aromatic carbocycles. The molecule has 1 aromatic heterocycles. The summed E-state index contributed by atoms with van der Waals surface area (Å²) < 4.78 is 19.2. The van der Waals surface area contributed by atoms with Gasteiger partial charge >= 0.3 is 0 Å². The van der Waals surface area contributed by atoms with Crippen molar-refractivity contribution < 1.29 is 14.2 Å². The van der Waals surface area contributed by atoms with E-state index in [1.807, 2.05) is 70.2 Å². The van der Waals surface area contributed by atoms with E-state index in [1.165, 1.54) is 0 Å². The topological polar surface area (TPSA) is 95.3 Å². The van der Waals surface area contributed by atoms with Gasteiger partial charge < -0.3 is 19.9 Å². The third-order valence-corrected chi connectivity index (χ3v) is 5.41. The van der Waals surface area contributed by atoms with Crippen molar-refractivity contribution in [2.75, 3.05) is 13.2 Å². The number of nitrogens with zero attached hydrogens (tertiary/aromatic N) is 3. The van der Waals surface area contributed by atoms with Crippen LogP contribution in [0.5, 0.6) is 17.4 Å². The van der Waals surface area contributed by atoms with Crippen LogP contribution in [-0.4, -0.2) is 23.0 Å². The van der Waals surface area contributed by atoms with Crippen LogP contribution >= 0.6 is 0 Å². The van der Waals surface area contributed by atoms with Gasteiger partial charge in [0.1, 0.15) is 11.6 Å². The van der Waals surface area contributed by atoms with E-state index >= 15 is 0 Å². The van der Waals surface area contributed by atoms with Crippen molar-refractivity contribution in [1.82, 2.24) is 9.78 Å². The third-order valence-electron chi connectivity index (χ3n) is 5.41. The van der Waals surface area contributed by atoms with Crippen molar-refractivity contribution in [3.63, 3.8) is 0 Å². The molecule has 2 N–H and O–H groups in total. The highest BCUT2D eigenvalue weighted by Gasteiger charge is 2.36. The van der Waals surface area contributed by atoms with Gasteiger partial charge in [-0.15, -0.1) is 0 Å². The number of ether oxygens (including phenoxy) is 3. The molecular formula is C25H26N4O3. The van der Waals surface area contributed by atoms with Gasteiger partial charge in [-0.3, -0.25) is 0 Å². The van der Waals surface area contributed by atoms with E-state index in [0.29, 0.717) is 36.2 Å². The first-order valence-corrected chi connectivity index (χ1v) is 10.6. The highest BCUT2D eigenvalue weighted by atomic mass is 16.5. The van der Waals surface area contributed by atoms with Crippen molar-refractivity contribution >= 4 is 0 Å². The predicted molar refractivity (Wildman–Crippen MR) is 121 cm³/mol. The Bertz CT molecular complexity index is 1220. The van der Waals surface area contributed by atoms with Crippen molar-refractivity contribution in [2.45, 2.75) is 33.6 Å². The van der Waals surface area contributed by atoms with Crippen LogP contribution in [0, 0.1) is 25.2 Å². The lowest BCUT2D eigenvalue weighted by Gasteiger charge is -2.25.